The van der Waals surface area contributed by atoms with Crippen molar-refractivity contribution in [2.24, 2.45) is 5.16 Å². The maximum Gasteiger partial charge on any atom is 0.260 e. The maximum atomic E-state index is 11.9. The van der Waals surface area contributed by atoms with Gasteiger partial charge in [-0.05, 0) is 37.3 Å². The molecule has 1 saturated carbocycles. The molecule has 1 amide bonds. The van der Waals surface area contributed by atoms with Gasteiger partial charge < -0.3 is 10.2 Å². The Morgan fingerprint density at radius 1 is 1.18 bits per heavy atom. The van der Waals surface area contributed by atoms with E-state index in [-0.39, 0.29) is 18.6 Å². The highest BCUT2D eigenvalue weighted by Crippen LogP contribution is 2.18. The SMILES string of the molecule is O=C(CON=C1CCCc2nonc21)NC1CCCCCC1. The summed E-state index contributed by atoms with van der Waals surface area (Å²) in [5.41, 5.74) is 2.19. The number of aromatic nitrogens is 2. The minimum atomic E-state index is -0.106. The molecule has 1 N–H and O–H groups in total. The Labute approximate surface area is 129 Å². The number of rotatable bonds is 4. The smallest absolute Gasteiger partial charge is 0.260 e. The van der Waals surface area contributed by atoms with Gasteiger partial charge in [0.1, 0.15) is 11.4 Å². The first-order valence-corrected chi connectivity index (χ1v) is 8.13. The van der Waals surface area contributed by atoms with Crippen molar-refractivity contribution in [2.45, 2.75) is 63.8 Å². The molecule has 22 heavy (non-hydrogen) atoms. The van der Waals surface area contributed by atoms with Gasteiger partial charge in [0.05, 0.1) is 0 Å². The lowest BCUT2D eigenvalue weighted by molar-refractivity contribution is -0.126. The van der Waals surface area contributed by atoms with Crippen molar-refractivity contribution in [1.82, 2.24) is 15.6 Å². The van der Waals surface area contributed by atoms with Crippen LogP contribution in [0.2, 0.25) is 0 Å². The number of hydrogen-bond donors (Lipinski definition) is 1. The summed E-state index contributed by atoms with van der Waals surface area (Å²) in [5.74, 6) is -0.106. The Morgan fingerprint density at radius 2 is 2.00 bits per heavy atom. The van der Waals surface area contributed by atoms with Crippen LogP contribution in [-0.4, -0.2) is 34.6 Å². The van der Waals surface area contributed by atoms with Gasteiger partial charge >= 0.3 is 0 Å². The summed E-state index contributed by atoms with van der Waals surface area (Å²) in [4.78, 5) is 17.1. The van der Waals surface area contributed by atoms with Gasteiger partial charge in [-0.3, -0.25) is 4.79 Å². The molecule has 0 atom stereocenters. The van der Waals surface area contributed by atoms with Gasteiger partial charge in [0, 0.05) is 6.04 Å². The monoisotopic (exact) mass is 306 g/mol. The van der Waals surface area contributed by atoms with Crippen molar-refractivity contribution in [2.75, 3.05) is 6.61 Å². The number of oxime groups is 1. The third kappa shape index (κ3) is 3.84. The van der Waals surface area contributed by atoms with Crippen LogP contribution < -0.4 is 5.32 Å². The highest BCUT2D eigenvalue weighted by molar-refractivity contribution is 6.00. The molecule has 1 aromatic heterocycles. The second-order valence-corrected chi connectivity index (χ2v) is 5.98. The zero-order valence-electron chi connectivity index (χ0n) is 12.7. The summed E-state index contributed by atoms with van der Waals surface area (Å²) in [6, 6.07) is 0.285. The number of amides is 1. The molecule has 0 saturated heterocycles. The Hall–Kier alpha value is -1.92. The molecule has 2 aliphatic carbocycles. The molecule has 0 bridgehead atoms. The molecular formula is C15H22N4O3. The number of carbonyl (C=O) groups is 1. The largest absolute Gasteiger partial charge is 0.385 e. The molecule has 2 aliphatic rings. The van der Waals surface area contributed by atoms with Gasteiger partial charge in [-0.25, -0.2) is 4.63 Å². The zero-order valence-corrected chi connectivity index (χ0v) is 12.7. The summed E-state index contributed by atoms with van der Waals surface area (Å²) in [5, 5.41) is 14.7. The molecule has 7 heteroatoms. The van der Waals surface area contributed by atoms with Crippen molar-refractivity contribution < 1.29 is 14.3 Å². The van der Waals surface area contributed by atoms with Crippen molar-refractivity contribution in [3.8, 4) is 0 Å². The minimum absolute atomic E-state index is 0.0549. The topological polar surface area (TPSA) is 89.6 Å². The summed E-state index contributed by atoms with van der Waals surface area (Å²) in [7, 11) is 0. The van der Waals surface area contributed by atoms with Gasteiger partial charge in [-0.2, -0.15) is 0 Å². The molecule has 0 aromatic carbocycles. The zero-order chi connectivity index (χ0) is 15.2. The van der Waals surface area contributed by atoms with Crippen LogP contribution in [0.1, 0.15) is 62.8 Å². The van der Waals surface area contributed by atoms with E-state index in [2.05, 4.69) is 20.8 Å². The van der Waals surface area contributed by atoms with E-state index in [1.807, 2.05) is 0 Å². The van der Waals surface area contributed by atoms with E-state index in [1.54, 1.807) is 0 Å². The van der Waals surface area contributed by atoms with Crippen LogP contribution >= 0.6 is 0 Å². The second-order valence-electron chi connectivity index (χ2n) is 5.98. The van der Waals surface area contributed by atoms with Crippen LogP contribution in [0.5, 0.6) is 0 Å². The Kier molecular flexibility index (Phi) is 5.03. The summed E-state index contributed by atoms with van der Waals surface area (Å²) in [6.07, 6.45) is 9.60. The molecular weight excluding hydrogens is 284 g/mol. The first-order valence-electron chi connectivity index (χ1n) is 8.13. The maximum absolute atomic E-state index is 11.9. The molecule has 0 radical (unpaired) electrons. The number of carbonyl (C=O) groups excluding carboxylic acids is 1. The quantitative estimate of drug-likeness (QED) is 0.678. The lowest BCUT2D eigenvalue weighted by atomic mass is 9.99. The second kappa shape index (κ2) is 7.38. The fraction of sp³-hybridized carbons (Fsp3) is 0.733. The normalized spacial score (nSPS) is 21.2. The molecule has 1 fully saturated rings. The average Bonchev–Trinajstić information content (AvgIpc) is 2.86. The van der Waals surface area contributed by atoms with E-state index in [0.717, 1.165) is 37.8 Å². The van der Waals surface area contributed by atoms with Crippen molar-refractivity contribution in [1.29, 1.82) is 0 Å². The summed E-state index contributed by atoms with van der Waals surface area (Å²) < 4.78 is 4.72. The van der Waals surface area contributed by atoms with Crippen LogP contribution in [0.3, 0.4) is 0 Å². The minimum Gasteiger partial charge on any atom is -0.385 e. The first-order chi connectivity index (χ1) is 10.8. The molecule has 1 heterocycles. The number of hydrogen-bond acceptors (Lipinski definition) is 6. The molecule has 120 valence electrons. The van der Waals surface area contributed by atoms with E-state index >= 15 is 0 Å². The highest BCUT2D eigenvalue weighted by Gasteiger charge is 2.22. The third-order valence-electron chi connectivity index (χ3n) is 4.25. The summed E-state index contributed by atoms with van der Waals surface area (Å²) >= 11 is 0. The van der Waals surface area contributed by atoms with E-state index in [9.17, 15) is 4.79 Å². The van der Waals surface area contributed by atoms with Crippen LogP contribution in [0.25, 0.3) is 0 Å². The lowest BCUT2D eigenvalue weighted by Gasteiger charge is -2.15. The number of nitrogens with zero attached hydrogens (tertiary/aromatic N) is 3. The van der Waals surface area contributed by atoms with Crippen LogP contribution in [0.4, 0.5) is 0 Å². The molecule has 0 spiro atoms. The van der Waals surface area contributed by atoms with Gasteiger partial charge in [-0.15, -0.1) is 0 Å². The highest BCUT2D eigenvalue weighted by atomic mass is 16.6. The standard InChI is InChI=1S/C15H22N4O3/c20-14(16-11-6-3-1-2-4-7-11)10-21-17-12-8-5-9-13-15(12)19-22-18-13/h11H,1-10H2,(H,16,20). The third-order valence-corrected chi connectivity index (χ3v) is 4.25. The van der Waals surface area contributed by atoms with Gasteiger partial charge in [0.25, 0.3) is 5.91 Å². The van der Waals surface area contributed by atoms with Gasteiger partial charge in [-0.1, -0.05) is 36.0 Å². The van der Waals surface area contributed by atoms with Crippen molar-refractivity contribution in [3.63, 3.8) is 0 Å². The fourth-order valence-electron chi connectivity index (χ4n) is 3.08. The van der Waals surface area contributed by atoms with Gasteiger partial charge in [0.2, 0.25) is 0 Å². The van der Waals surface area contributed by atoms with Crippen molar-refractivity contribution >= 4 is 11.6 Å². The Bertz CT molecular complexity index is 533. The average molecular weight is 306 g/mol. The van der Waals surface area contributed by atoms with E-state index in [0.29, 0.717) is 11.4 Å². The van der Waals surface area contributed by atoms with E-state index in [1.165, 1.54) is 25.7 Å². The van der Waals surface area contributed by atoms with E-state index in [4.69, 9.17) is 9.47 Å². The van der Waals surface area contributed by atoms with Crippen LogP contribution in [0.15, 0.2) is 9.78 Å². The van der Waals surface area contributed by atoms with Gasteiger partial charge in [0.15, 0.2) is 12.3 Å². The van der Waals surface area contributed by atoms with Crippen molar-refractivity contribution in [3.05, 3.63) is 11.4 Å². The van der Waals surface area contributed by atoms with Crippen LogP contribution in [0, 0.1) is 0 Å². The molecule has 1 aromatic rings. The summed E-state index contributed by atoms with van der Waals surface area (Å²) in [6.45, 7) is -0.0549. The number of aryl methyl sites for hydroxylation is 1. The van der Waals surface area contributed by atoms with Crippen LogP contribution in [-0.2, 0) is 16.1 Å². The predicted molar refractivity (Wildman–Crippen MR) is 79.4 cm³/mol. The number of fused-ring (bicyclic) bond motifs is 1. The lowest BCUT2D eigenvalue weighted by Crippen LogP contribution is -2.36. The molecule has 3 rings (SSSR count). The fourth-order valence-corrected chi connectivity index (χ4v) is 3.08. The Morgan fingerprint density at radius 3 is 2.82 bits per heavy atom. The Balaban J connectivity index is 1.47. The number of nitrogens with one attached hydrogen (secondary N) is 1. The molecule has 0 unspecified atom stereocenters. The predicted octanol–water partition coefficient (Wildman–Crippen LogP) is 1.97. The molecule has 0 aliphatic heterocycles. The van der Waals surface area contributed by atoms with E-state index < -0.39 is 0 Å². The molecule has 7 nitrogen and oxygen atoms in total. The first kappa shape index (κ1) is 15.0.